The van der Waals surface area contributed by atoms with Crippen LogP contribution in [0.15, 0.2) is 48.5 Å². The molecule has 1 saturated carbocycles. The van der Waals surface area contributed by atoms with E-state index in [-0.39, 0.29) is 0 Å². The molecule has 4 unspecified atom stereocenters. The van der Waals surface area contributed by atoms with Crippen molar-refractivity contribution < 1.29 is 24.5 Å². The maximum atomic E-state index is 11.7. The first kappa shape index (κ1) is 17.3. The summed E-state index contributed by atoms with van der Waals surface area (Å²) in [6.07, 6.45) is 0. The molecule has 2 aromatic carbocycles. The maximum absolute atomic E-state index is 11.7. The van der Waals surface area contributed by atoms with Gasteiger partial charge in [0.1, 0.15) is 5.75 Å². The molecule has 0 spiro atoms. The minimum atomic E-state index is -1.10. The molecule has 2 N–H and O–H groups in total. The van der Waals surface area contributed by atoms with Gasteiger partial charge in [0.15, 0.2) is 0 Å². The van der Waals surface area contributed by atoms with Gasteiger partial charge in [-0.25, -0.2) is 0 Å². The lowest BCUT2D eigenvalue weighted by atomic mass is 9.52. The number of benzene rings is 2. The number of rotatable bonds is 5. The molecule has 130 valence electrons. The Bertz CT molecular complexity index is 784. The lowest BCUT2D eigenvalue weighted by molar-refractivity contribution is -0.164. The van der Waals surface area contributed by atoms with Crippen molar-refractivity contribution in [3.05, 3.63) is 64.7 Å². The van der Waals surface area contributed by atoms with E-state index in [4.69, 9.17) is 16.3 Å². The topological polar surface area (TPSA) is 83.8 Å². The van der Waals surface area contributed by atoms with E-state index in [1.54, 1.807) is 55.6 Å². The van der Waals surface area contributed by atoms with Gasteiger partial charge in [0.05, 0.1) is 18.9 Å². The third-order valence-corrected chi connectivity index (χ3v) is 5.13. The summed E-state index contributed by atoms with van der Waals surface area (Å²) < 4.78 is 5.13. The van der Waals surface area contributed by atoms with Crippen LogP contribution in [-0.2, 0) is 9.59 Å². The summed E-state index contributed by atoms with van der Waals surface area (Å²) in [5.41, 5.74) is 1.56. The Morgan fingerprint density at radius 2 is 1.24 bits per heavy atom. The predicted molar refractivity (Wildman–Crippen MR) is 92.2 cm³/mol. The van der Waals surface area contributed by atoms with Gasteiger partial charge in [-0.1, -0.05) is 35.9 Å². The van der Waals surface area contributed by atoms with Crippen LogP contribution in [0.1, 0.15) is 23.0 Å². The van der Waals surface area contributed by atoms with Crippen LogP contribution >= 0.6 is 11.6 Å². The Morgan fingerprint density at radius 3 is 1.60 bits per heavy atom. The highest BCUT2D eigenvalue weighted by Gasteiger charge is 2.58. The fourth-order valence-electron chi connectivity index (χ4n) is 3.70. The van der Waals surface area contributed by atoms with Gasteiger partial charge in [-0.15, -0.1) is 0 Å². The largest absolute Gasteiger partial charge is 0.497 e. The van der Waals surface area contributed by atoms with Crippen molar-refractivity contribution in [1.29, 1.82) is 0 Å². The second-order valence-corrected chi connectivity index (χ2v) is 6.54. The van der Waals surface area contributed by atoms with Crippen LogP contribution in [0.4, 0.5) is 0 Å². The van der Waals surface area contributed by atoms with Gasteiger partial charge in [-0.05, 0) is 35.4 Å². The second kappa shape index (κ2) is 6.76. The van der Waals surface area contributed by atoms with Crippen molar-refractivity contribution in [2.75, 3.05) is 7.11 Å². The molecule has 5 nitrogen and oxygen atoms in total. The molecule has 0 heterocycles. The first-order chi connectivity index (χ1) is 11.9. The third-order valence-electron chi connectivity index (χ3n) is 4.87. The Hall–Kier alpha value is -2.53. The van der Waals surface area contributed by atoms with Gasteiger partial charge in [-0.3, -0.25) is 9.59 Å². The minimum Gasteiger partial charge on any atom is -0.497 e. The molecule has 0 aromatic heterocycles. The summed E-state index contributed by atoms with van der Waals surface area (Å²) in [6, 6.07) is 14.0. The van der Waals surface area contributed by atoms with Crippen molar-refractivity contribution in [3.8, 4) is 5.75 Å². The van der Waals surface area contributed by atoms with Crippen LogP contribution in [0.25, 0.3) is 0 Å². The molecular formula is C19H17ClO5. The maximum Gasteiger partial charge on any atom is 0.308 e. The number of carboxylic acids is 2. The van der Waals surface area contributed by atoms with Crippen molar-refractivity contribution in [1.82, 2.24) is 0 Å². The standard InChI is InChI=1S/C19H17ClO5/c1-25-13-8-4-11(5-9-13)15-14(10-2-6-12(20)7-3-10)16(18(21)22)17(15)19(23)24/h2-9,14-17H,1H3,(H,21,22)(H,23,24). The fourth-order valence-corrected chi connectivity index (χ4v) is 3.83. The molecule has 4 atom stereocenters. The molecule has 1 aliphatic carbocycles. The number of hydrogen-bond donors (Lipinski definition) is 2. The Morgan fingerprint density at radius 1 is 0.840 bits per heavy atom. The lowest BCUT2D eigenvalue weighted by Crippen LogP contribution is -2.51. The van der Waals surface area contributed by atoms with Gasteiger partial charge in [0.25, 0.3) is 0 Å². The van der Waals surface area contributed by atoms with E-state index in [0.29, 0.717) is 10.8 Å². The smallest absolute Gasteiger partial charge is 0.308 e. The molecule has 3 rings (SSSR count). The molecule has 1 fully saturated rings. The zero-order valence-electron chi connectivity index (χ0n) is 13.4. The van der Waals surface area contributed by atoms with E-state index >= 15 is 0 Å². The van der Waals surface area contributed by atoms with Gasteiger partial charge in [0, 0.05) is 16.9 Å². The molecule has 25 heavy (non-hydrogen) atoms. The van der Waals surface area contributed by atoms with E-state index in [1.165, 1.54) is 0 Å². The highest BCUT2D eigenvalue weighted by molar-refractivity contribution is 6.30. The van der Waals surface area contributed by atoms with Crippen molar-refractivity contribution in [2.24, 2.45) is 11.8 Å². The summed E-state index contributed by atoms with van der Waals surface area (Å²) >= 11 is 5.92. The zero-order chi connectivity index (χ0) is 18.1. The highest BCUT2D eigenvalue weighted by Crippen LogP contribution is 2.58. The first-order valence-corrected chi connectivity index (χ1v) is 8.17. The number of carboxylic acid groups (broad SMARTS) is 2. The highest BCUT2D eigenvalue weighted by atomic mass is 35.5. The van der Waals surface area contributed by atoms with Crippen molar-refractivity contribution in [3.63, 3.8) is 0 Å². The average molecular weight is 361 g/mol. The molecule has 6 heteroatoms. The van der Waals surface area contributed by atoms with Crippen LogP contribution in [0.2, 0.25) is 5.02 Å². The number of ether oxygens (including phenoxy) is 1. The second-order valence-electron chi connectivity index (χ2n) is 6.10. The Balaban J connectivity index is 2.04. The molecular weight excluding hydrogens is 344 g/mol. The number of aliphatic carboxylic acids is 2. The van der Waals surface area contributed by atoms with Gasteiger partial charge >= 0.3 is 11.9 Å². The number of carbonyl (C=O) groups is 2. The van der Waals surface area contributed by atoms with Crippen LogP contribution in [-0.4, -0.2) is 29.3 Å². The SMILES string of the molecule is COc1ccc(C2C(C(=O)O)C(C(=O)O)C2c2ccc(Cl)cc2)cc1. The summed E-state index contributed by atoms with van der Waals surface area (Å²) in [7, 11) is 1.55. The van der Waals surface area contributed by atoms with Crippen LogP contribution in [0.5, 0.6) is 5.75 Å². The molecule has 0 bridgehead atoms. The molecule has 0 saturated heterocycles. The van der Waals surface area contributed by atoms with E-state index < -0.39 is 35.6 Å². The Kier molecular flexibility index (Phi) is 4.68. The van der Waals surface area contributed by atoms with E-state index in [1.807, 2.05) is 0 Å². The summed E-state index contributed by atoms with van der Waals surface area (Å²) in [4.78, 5) is 23.4. The van der Waals surface area contributed by atoms with Gasteiger partial charge in [0.2, 0.25) is 0 Å². The normalized spacial score (nSPS) is 25.0. The lowest BCUT2D eigenvalue weighted by Gasteiger charge is -2.48. The van der Waals surface area contributed by atoms with Gasteiger partial charge < -0.3 is 14.9 Å². The molecule has 0 amide bonds. The number of halogens is 1. The first-order valence-electron chi connectivity index (χ1n) is 7.79. The fraction of sp³-hybridized carbons (Fsp3) is 0.263. The van der Waals surface area contributed by atoms with Crippen LogP contribution < -0.4 is 4.74 Å². The van der Waals surface area contributed by atoms with Crippen LogP contribution in [0, 0.1) is 11.8 Å². The van der Waals surface area contributed by atoms with Crippen molar-refractivity contribution in [2.45, 2.75) is 11.8 Å². The molecule has 0 aliphatic heterocycles. The van der Waals surface area contributed by atoms with E-state index in [0.717, 1.165) is 11.1 Å². The number of methoxy groups -OCH3 is 1. The molecule has 0 radical (unpaired) electrons. The van der Waals surface area contributed by atoms with E-state index in [9.17, 15) is 19.8 Å². The Labute approximate surface area is 149 Å². The quantitative estimate of drug-likeness (QED) is 0.850. The summed E-state index contributed by atoms with van der Waals surface area (Å²) in [5.74, 6) is -4.35. The average Bonchev–Trinajstić information content (AvgIpc) is 2.56. The molecule has 2 aromatic rings. The van der Waals surface area contributed by atoms with Gasteiger partial charge in [-0.2, -0.15) is 0 Å². The predicted octanol–water partition coefficient (Wildman–Crippen LogP) is 3.63. The number of hydrogen-bond acceptors (Lipinski definition) is 3. The summed E-state index contributed by atoms with van der Waals surface area (Å²) in [5, 5.41) is 19.7. The van der Waals surface area contributed by atoms with Crippen molar-refractivity contribution >= 4 is 23.5 Å². The monoisotopic (exact) mass is 360 g/mol. The molecule has 1 aliphatic rings. The van der Waals surface area contributed by atoms with Crippen LogP contribution in [0.3, 0.4) is 0 Å². The summed E-state index contributed by atoms with van der Waals surface area (Å²) in [6.45, 7) is 0. The third kappa shape index (κ3) is 3.07. The zero-order valence-corrected chi connectivity index (χ0v) is 14.2. The minimum absolute atomic E-state index is 0.425. The van der Waals surface area contributed by atoms with E-state index in [2.05, 4.69) is 0 Å².